The van der Waals surface area contributed by atoms with Gasteiger partial charge in [0, 0.05) is 19.4 Å². The van der Waals surface area contributed by atoms with Gasteiger partial charge in [-0.25, -0.2) is 15.4 Å². The van der Waals surface area contributed by atoms with Crippen molar-refractivity contribution in [1.29, 1.82) is 0 Å². The molecule has 2 heterocycles. The van der Waals surface area contributed by atoms with E-state index < -0.39 is 0 Å². The second-order valence-corrected chi connectivity index (χ2v) is 2.82. The highest BCUT2D eigenvalue weighted by Gasteiger charge is 2.19. The van der Waals surface area contributed by atoms with Gasteiger partial charge in [0.25, 0.3) is 0 Å². The molecule has 1 unspecified atom stereocenters. The van der Waals surface area contributed by atoms with Crippen LogP contribution in [0.3, 0.4) is 0 Å². The number of nitrogens with zero attached hydrogens (tertiary/aromatic N) is 4. The molecule has 74 valence electrons. The summed E-state index contributed by atoms with van der Waals surface area (Å²) in [6.45, 7) is 0. The number of hydrogen-bond donors (Lipinski definition) is 3. The first kappa shape index (κ1) is 8.85. The second kappa shape index (κ2) is 3.56. The normalized spacial score (nSPS) is 13.0. The van der Waals surface area contributed by atoms with Crippen molar-refractivity contribution in [2.24, 2.45) is 12.9 Å². The Hall–Kier alpha value is -1.73. The van der Waals surface area contributed by atoms with E-state index >= 15 is 0 Å². The molecule has 1 atom stereocenters. The first-order valence-corrected chi connectivity index (χ1v) is 4.12. The van der Waals surface area contributed by atoms with E-state index in [0.29, 0.717) is 11.6 Å². The largest absolute Gasteiger partial charge is 0.347 e. The van der Waals surface area contributed by atoms with Crippen molar-refractivity contribution in [3.63, 3.8) is 0 Å². The highest BCUT2D eigenvalue weighted by Crippen LogP contribution is 2.13. The fourth-order valence-corrected chi connectivity index (χ4v) is 1.28. The molecule has 2 aromatic heterocycles. The minimum absolute atomic E-state index is 0.266. The quantitative estimate of drug-likeness (QED) is 0.433. The fourth-order valence-electron chi connectivity index (χ4n) is 1.28. The van der Waals surface area contributed by atoms with Gasteiger partial charge < -0.3 is 4.98 Å². The minimum Gasteiger partial charge on any atom is -0.347 e. The molecule has 0 fully saturated rings. The van der Waals surface area contributed by atoms with Gasteiger partial charge in [-0.1, -0.05) is 0 Å². The van der Waals surface area contributed by atoms with Gasteiger partial charge in [0.05, 0.1) is 0 Å². The lowest BCUT2D eigenvalue weighted by molar-refractivity contribution is 0.541. The van der Waals surface area contributed by atoms with Crippen molar-refractivity contribution in [2.45, 2.75) is 6.04 Å². The van der Waals surface area contributed by atoms with Gasteiger partial charge in [-0.3, -0.25) is 10.5 Å². The maximum absolute atomic E-state index is 5.43. The molecule has 0 saturated heterocycles. The van der Waals surface area contributed by atoms with Gasteiger partial charge >= 0.3 is 0 Å². The molecule has 14 heavy (non-hydrogen) atoms. The number of aromatic amines is 1. The van der Waals surface area contributed by atoms with E-state index in [4.69, 9.17) is 5.84 Å². The third kappa shape index (κ3) is 1.38. The Bertz CT molecular complexity index is 390. The number of imidazole rings is 1. The van der Waals surface area contributed by atoms with E-state index in [1.165, 1.54) is 6.33 Å². The van der Waals surface area contributed by atoms with E-state index in [1.807, 2.05) is 0 Å². The van der Waals surface area contributed by atoms with Gasteiger partial charge in [-0.2, -0.15) is 5.10 Å². The maximum Gasteiger partial charge on any atom is 0.152 e. The molecular weight excluding hydrogens is 182 g/mol. The van der Waals surface area contributed by atoms with Crippen LogP contribution in [0, 0.1) is 0 Å². The molecule has 0 amide bonds. The topological polar surface area (TPSA) is 97.4 Å². The van der Waals surface area contributed by atoms with E-state index in [-0.39, 0.29) is 6.04 Å². The molecule has 0 aromatic carbocycles. The Morgan fingerprint density at radius 1 is 1.57 bits per heavy atom. The van der Waals surface area contributed by atoms with Crippen molar-refractivity contribution < 1.29 is 0 Å². The third-order valence-corrected chi connectivity index (χ3v) is 1.96. The molecule has 7 heteroatoms. The third-order valence-electron chi connectivity index (χ3n) is 1.96. The van der Waals surface area contributed by atoms with Crippen molar-refractivity contribution in [3.8, 4) is 0 Å². The summed E-state index contributed by atoms with van der Waals surface area (Å²) in [5.74, 6) is 6.86. The van der Waals surface area contributed by atoms with Crippen LogP contribution in [0.1, 0.15) is 17.7 Å². The van der Waals surface area contributed by atoms with Crippen LogP contribution < -0.4 is 11.3 Å². The number of aromatic nitrogens is 5. The number of aryl methyl sites for hydroxylation is 1. The predicted octanol–water partition coefficient (Wildman–Crippen LogP) is -0.909. The average molecular weight is 193 g/mol. The molecule has 0 aliphatic rings. The zero-order chi connectivity index (χ0) is 9.97. The first-order chi connectivity index (χ1) is 6.83. The Kier molecular flexibility index (Phi) is 2.25. The molecule has 0 aliphatic carbocycles. The zero-order valence-corrected chi connectivity index (χ0v) is 7.68. The molecule has 7 nitrogen and oxygen atoms in total. The minimum atomic E-state index is -0.266. The Balaban J connectivity index is 2.36. The van der Waals surface area contributed by atoms with Crippen LogP contribution in [0.5, 0.6) is 0 Å². The molecule has 2 rings (SSSR count). The lowest BCUT2D eigenvalue weighted by Crippen LogP contribution is -2.31. The Morgan fingerprint density at radius 2 is 2.43 bits per heavy atom. The van der Waals surface area contributed by atoms with E-state index in [9.17, 15) is 0 Å². The maximum atomic E-state index is 5.43. The van der Waals surface area contributed by atoms with Gasteiger partial charge in [0.15, 0.2) is 5.82 Å². The first-order valence-electron chi connectivity index (χ1n) is 4.12. The number of nitrogens with two attached hydrogens (primary N) is 1. The average Bonchev–Trinajstić information content (AvgIpc) is 2.80. The Labute approximate surface area is 80.3 Å². The van der Waals surface area contributed by atoms with Crippen LogP contribution in [0.4, 0.5) is 0 Å². The summed E-state index contributed by atoms with van der Waals surface area (Å²) in [7, 11) is 1.80. The molecule has 0 bridgehead atoms. The van der Waals surface area contributed by atoms with E-state index in [0.717, 1.165) is 0 Å². The number of rotatable bonds is 3. The lowest BCUT2D eigenvalue weighted by atomic mass is 10.3. The van der Waals surface area contributed by atoms with Crippen molar-refractivity contribution in [2.75, 3.05) is 0 Å². The summed E-state index contributed by atoms with van der Waals surface area (Å²) in [4.78, 5) is 11.2. The molecular formula is C7H11N7. The summed E-state index contributed by atoms with van der Waals surface area (Å²) in [6, 6.07) is -0.266. The van der Waals surface area contributed by atoms with Gasteiger partial charge in [-0.15, -0.1) is 0 Å². The molecule has 0 radical (unpaired) electrons. The fraction of sp³-hybridized carbons (Fsp3) is 0.286. The smallest absolute Gasteiger partial charge is 0.152 e. The molecule has 2 aromatic rings. The number of hydrogen-bond acceptors (Lipinski definition) is 5. The summed E-state index contributed by atoms with van der Waals surface area (Å²) in [5, 5.41) is 3.96. The predicted molar refractivity (Wildman–Crippen MR) is 48.8 cm³/mol. The van der Waals surface area contributed by atoms with Gasteiger partial charge in [0.1, 0.15) is 18.2 Å². The van der Waals surface area contributed by atoms with E-state index in [2.05, 4.69) is 25.5 Å². The van der Waals surface area contributed by atoms with Crippen LogP contribution in [0.25, 0.3) is 0 Å². The van der Waals surface area contributed by atoms with Crippen LogP contribution in [0.15, 0.2) is 18.7 Å². The molecule has 0 aliphatic heterocycles. The van der Waals surface area contributed by atoms with Crippen LogP contribution in [-0.4, -0.2) is 24.7 Å². The van der Waals surface area contributed by atoms with Gasteiger partial charge in [-0.05, 0) is 0 Å². The zero-order valence-electron chi connectivity index (χ0n) is 7.68. The van der Waals surface area contributed by atoms with Crippen LogP contribution in [0.2, 0.25) is 0 Å². The SMILES string of the molecule is Cn1ncnc1C(NN)c1ncc[nH]1. The summed E-state index contributed by atoms with van der Waals surface area (Å²) >= 11 is 0. The summed E-state index contributed by atoms with van der Waals surface area (Å²) < 4.78 is 1.65. The van der Waals surface area contributed by atoms with E-state index in [1.54, 1.807) is 24.1 Å². The summed E-state index contributed by atoms with van der Waals surface area (Å²) in [6.07, 6.45) is 4.87. The molecule has 0 spiro atoms. The van der Waals surface area contributed by atoms with Crippen LogP contribution >= 0.6 is 0 Å². The van der Waals surface area contributed by atoms with Crippen LogP contribution in [-0.2, 0) is 7.05 Å². The molecule has 4 N–H and O–H groups in total. The highest BCUT2D eigenvalue weighted by atomic mass is 15.4. The van der Waals surface area contributed by atoms with Crippen molar-refractivity contribution in [3.05, 3.63) is 30.4 Å². The van der Waals surface area contributed by atoms with Crippen molar-refractivity contribution in [1.82, 2.24) is 30.2 Å². The summed E-state index contributed by atoms with van der Waals surface area (Å²) in [5.41, 5.74) is 2.63. The number of H-pyrrole nitrogens is 1. The number of nitrogens with one attached hydrogen (secondary N) is 2. The van der Waals surface area contributed by atoms with Crippen molar-refractivity contribution >= 4 is 0 Å². The molecule has 0 saturated carbocycles. The number of hydrazine groups is 1. The Morgan fingerprint density at radius 3 is 2.93 bits per heavy atom. The lowest BCUT2D eigenvalue weighted by Gasteiger charge is -2.11. The standard InChI is InChI=1S/C7H11N7/c1-14-7(11-4-12-14)5(13-8)6-9-2-3-10-6/h2-5,13H,8H2,1H3,(H,9,10). The van der Waals surface area contributed by atoms with Gasteiger partial charge in [0.2, 0.25) is 0 Å². The highest BCUT2D eigenvalue weighted by molar-refractivity contribution is 5.08. The second-order valence-electron chi connectivity index (χ2n) is 2.82. The monoisotopic (exact) mass is 193 g/mol.